The van der Waals surface area contributed by atoms with Crippen LogP contribution in [0.3, 0.4) is 0 Å². The van der Waals surface area contributed by atoms with Crippen molar-refractivity contribution in [1.82, 2.24) is 5.43 Å². The molecule has 0 aliphatic heterocycles. The first-order chi connectivity index (χ1) is 15.3. The minimum absolute atomic E-state index is 0.0702. The number of nitrogens with one attached hydrogen (secondary N) is 1. The summed E-state index contributed by atoms with van der Waals surface area (Å²) in [4.78, 5) is 12.1. The van der Waals surface area contributed by atoms with E-state index in [1.807, 2.05) is 72.8 Å². The molecule has 0 unspecified atom stereocenters. The lowest BCUT2D eigenvalue weighted by Gasteiger charge is -2.19. The number of rotatable bonds is 8. The molecule has 1 amide bonds. The van der Waals surface area contributed by atoms with Crippen LogP contribution in [-0.2, 0) is 16.8 Å². The van der Waals surface area contributed by atoms with E-state index in [-0.39, 0.29) is 17.9 Å². The molecule has 0 saturated heterocycles. The summed E-state index contributed by atoms with van der Waals surface area (Å²) in [7, 11) is 0. The van der Waals surface area contributed by atoms with E-state index in [1.165, 1.54) is 5.56 Å². The molecule has 0 fully saturated rings. The van der Waals surface area contributed by atoms with Crippen LogP contribution in [-0.4, -0.2) is 18.7 Å². The third-order valence-electron chi connectivity index (χ3n) is 4.69. The van der Waals surface area contributed by atoms with Gasteiger partial charge in [0.25, 0.3) is 5.91 Å². The molecular weight excluding hydrogens is 468 g/mol. The van der Waals surface area contributed by atoms with Crippen molar-refractivity contribution in [2.45, 2.75) is 32.8 Å². The van der Waals surface area contributed by atoms with Crippen LogP contribution >= 0.6 is 15.9 Å². The summed E-state index contributed by atoms with van der Waals surface area (Å²) in [6, 6.07) is 23.3. The number of halogens is 1. The van der Waals surface area contributed by atoms with E-state index in [0.717, 1.165) is 15.6 Å². The summed E-state index contributed by atoms with van der Waals surface area (Å²) in [5.74, 6) is 0.967. The van der Waals surface area contributed by atoms with Gasteiger partial charge in [0.15, 0.2) is 6.61 Å². The van der Waals surface area contributed by atoms with Crippen LogP contribution in [0.5, 0.6) is 11.5 Å². The van der Waals surface area contributed by atoms with Crippen molar-refractivity contribution < 1.29 is 14.3 Å². The summed E-state index contributed by atoms with van der Waals surface area (Å²) in [6.07, 6.45) is 1.56. The third-order valence-corrected chi connectivity index (χ3v) is 5.19. The summed E-state index contributed by atoms with van der Waals surface area (Å²) < 4.78 is 12.4. The van der Waals surface area contributed by atoms with Crippen molar-refractivity contribution in [3.8, 4) is 11.5 Å². The maximum absolute atomic E-state index is 12.1. The average molecular weight is 495 g/mol. The van der Waals surface area contributed by atoms with Crippen LogP contribution in [0.25, 0.3) is 0 Å². The van der Waals surface area contributed by atoms with Gasteiger partial charge in [-0.1, -0.05) is 79.2 Å². The number of hydrogen-bond acceptors (Lipinski definition) is 4. The Morgan fingerprint density at radius 1 is 1.00 bits per heavy atom. The quantitative estimate of drug-likeness (QED) is 0.315. The molecule has 0 bridgehead atoms. The zero-order chi connectivity index (χ0) is 23.0. The fourth-order valence-corrected chi connectivity index (χ4v) is 3.27. The molecular formula is C26H27BrN2O3. The van der Waals surface area contributed by atoms with E-state index in [4.69, 9.17) is 9.47 Å². The zero-order valence-corrected chi connectivity index (χ0v) is 20.1. The predicted molar refractivity (Wildman–Crippen MR) is 131 cm³/mol. The second-order valence-corrected chi connectivity index (χ2v) is 9.23. The molecule has 5 nitrogen and oxygen atoms in total. The average Bonchev–Trinajstić information content (AvgIpc) is 2.77. The number of nitrogens with zero attached hydrogens (tertiary/aromatic N) is 1. The summed E-state index contributed by atoms with van der Waals surface area (Å²) in [5.41, 5.74) is 5.58. The van der Waals surface area contributed by atoms with Gasteiger partial charge in [-0.25, -0.2) is 5.43 Å². The maximum Gasteiger partial charge on any atom is 0.277 e. The molecule has 1 N–H and O–H groups in total. The summed E-state index contributed by atoms with van der Waals surface area (Å²) >= 11 is 3.46. The van der Waals surface area contributed by atoms with Crippen molar-refractivity contribution in [2.75, 3.05) is 6.61 Å². The minimum Gasteiger partial charge on any atom is -0.488 e. The molecule has 6 heteroatoms. The smallest absolute Gasteiger partial charge is 0.277 e. The molecule has 166 valence electrons. The molecule has 0 radical (unpaired) electrons. The maximum atomic E-state index is 12.1. The second kappa shape index (κ2) is 11.0. The van der Waals surface area contributed by atoms with E-state index in [9.17, 15) is 4.79 Å². The normalized spacial score (nSPS) is 11.4. The molecule has 3 rings (SSSR count). The molecule has 0 aromatic heterocycles. The number of amides is 1. The number of benzene rings is 3. The Kier molecular flexibility index (Phi) is 8.06. The van der Waals surface area contributed by atoms with Crippen LogP contribution in [0.15, 0.2) is 82.4 Å². The Labute approximate surface area is 197 Å². The van der Waals surface area contributed by atoms with E-state index in [1.54, 1.807) is 6.21 Å². The highest BCUT2D eigenvalue weighted by Gasteiger charge is 2.13. The van der Waals surface area contributed by atoms with Crippen LogP contribution in [0.1, 0.15) is 37.5 Å². The molecule has 3 aromatic carbocycles. The van der Waals surface area contributed by atoms with Gasteiger partial charge in [-0.2, -0.15) is 5.10 Å². The molecule has 0 saturated carbocycles. The van der Waals surface area contributed by atoms with Crippen molar-refractivity contribution in [1.29, 1.82) is 0 Å². The van der Waals surface area contributed by atoms with Crippen LogP contribution < -0.4 is 14.9 Å². The predicted octanol–water partition coefficient (Wildman–Crippen LogP) is 5.85. The van der Waals surface area contributed by atoms with Gasteiger partial charge in [-0.05, 0) is 46.9 Å². The summed E-state index contributed by atoms with van der Waals surface area (Å²) in [5, 5.41) is 4.05. The highest BCUT2D eigenvalue weighted by atomic mass is 79.9. The van der Waals surface area contributed by atoms with Gasteiger partial charge in [0.2, 0.25) is 0 Å². The Morgan fingerprint density at radius 3 is 2.41 bits per heavy atom. The fourth-order valence-electron chi connectivity index (χ4n) is 2.89. The SMILES string of the molecule is CC(C)(C)c1ccc(OCC(=O)N/N=C/c2cc(Br)ccc2OCc2ccccc2)cc1. The molecule has 0 spiro atoms. The first kappa shape index (κ1) is 23.5. The molecule has 3 aromatic rings. The van der Waals surface area contributed by atoms with E-state index >= 15 is 0 Å². The Hall–Kier alpha value is -3.12. The third kappa shape index (κ3) is 7.24. The van der Waals surface area contributed by atoms with Gasteiger partial charge >= 0.3 is 0 Å². The van der Waals surface area contributed by atoms with Crippen molar-refractivity contribution in [2.24, 2.45) is 5.10 Å². The topological polar surface area (TPSA) is 59.9 Å². The second-order valence-electron chi connectivity index (χ2n) is 8.31. The van der Waals surface area contributed by atoms with Crippen LogP contribution in [0.4, 0.5) is 0 Å². The largest absolute Gasteiger partial charge is 0.488 e. The lowest BCUT2D eigenvalue weighted by molar-refractivity contribution is -0.123. The van der Waals surface area contributed by atoms with E-state index in [2.05, 4.69) is 47.2 Å². The number of hydrazone groups is 1. The number of carbonyl (C=O) groups excluding carboxylic acids is 1. The van der Waals surface area contributed by atoms with Crippen molar-refractivity contribution in [3.63, 3.8) is 0 Å². The standard InChI is InChI=1S/C26H27BrN2O3/c1-26(2,3)21-9-12-23(13-10-21)31-18-25(30)29-28-16-20-15-22(27)11-14-24(20)32-17-19-7-5-4-6-8-19/h4-16H,17-18H2,1-3H3,(H,29,30)/b28-16+. The van der Waals surface area contributed by atoms with Crippen LogP contribution in [0.2, 0.25) is 0 Å². The molecule has 32 heavy (non-hydrogen) atoms. The zero-order valence-electron chi connectivity index (χ0n) is 18.5. The minimum atomic E-state index is -0.345. The lowest BCUT2D eigenvalue weighted by atomic mass is 9.87. The highest BCUT2D eigenvalue weighted by Crippen LogP contribution is 2.24. The van der Waals surface area contributed by atoms with Crippen molar-refractivity contribution >= 4 is 28.1 Å². The van der Waals surface area contributed by atoms with Gasteiger partial charge in [-0.15, -0.1) is 0 Å². The van der Waals surface area contributed by atoms with Crippen LogP contribution in [0, 0.1) is 0 Å². The van der Waals surface area contributed by atoms with Gasteiger partial charge < -0.3 is 9.47 Å². The molecule has 0 aliphatic rings. The van der Waals surface area contributed by atoms with E-state index < -0.39 is 0 Å². The Morgan fingerprint density at radius 2 is 1.72 bits per heavy atom. The van der Waals surface area contributed by atoms with Gasteiger partial charge in [-0.3, -0.25) is 4.79 Å². The fraction of sp³-hybridized carbons (Fsp3) is 0.231. The van der Waals surface area contributed by atoms with Crippen molar-refractivity contribution in [3.05, 3.63) is 94.0 Å². The molecule has 0 heterocycles. The lowest BCUT2D eigenvalue weighted by Crippen LogP contribution is -2.24. The van der Waals surface area contributed by atoms with Gasteiger partial charge in [0, 0.05) is 10.0 Å². The van der Waals surface area contributed by atoms with Gasteiger partial charge in [0.1, 0.15) is 18.1 Å². The number of hydrogen-bond donors (Lipinski definition) is 1. The monoisotopic (exact) mass is 494 g/mol. The number of carbonyl (C=O) groups is 1. The van der Waals surface area contributed by atoms with E-state index in [0.29, 0.717) is 18.1 Å². The Bertz CT molecular complexity index is 1060. The molecule has 0 atom stereocenters. The number of ether oxygens (including phenoxy) is 2. The summed E-state index contributed by atoms with van der Waals surface area (Å²) in [6.45, 7) is 6.77. The van der Waals surface area contributed by atoms with Gasteiger partial charge in [0.05, 0.1) is 6.21 Å². The Balaban J connectivity index is 1.53. The highest BCUT2D eigenvalue weighted by molar-refractivity contribution is 9.10. The molecule has 0 aliphatic carbocycles. The first-order valence-corrected chi connectivity index (χ1v) is 11.1. The first-order valence-electron chi connectivity index (χ1n) is 10.3.